The van der Waals surface area contributed by atoms with Crippen molar-refractivity contribution in [2.24, 2.45) is 0 Å². The van der Waals surface area contributed by atoms with Gasteiger partial charge in [0.15, 0.2) is 5.78 Å². The van der Waals surface area contributed by atoms with Gasteiger partial charge in [0.05, 0.1) is 0 Å². The fourth-order valence-corrected chi connectivity index (χ4v) is 2.50. The summed E-state index contributed by atoms with van der Waals surface area (Å²) in [5.41, 5.74) is 0.786. The SMILES string of the molecule is CCCCCCCCCCCC(=O)c1ccc(Cl)cc1. The third kappa shape index (κ3) is 7.69. The van der Waals surface area contributed by atoms with Crippen molar-refractivity contribution < 1.29 is 4.79 Å². The van der Waals surface area contributed by atoms with Crippen LogP contribution in [0.25, 0.3) is 0 Å². The number of unbranched alkanes of at least 4 members (excludes halogenated alkanes) is 8. The van der Waals surface area contributed by atoms with Gasteiger partial charge >= 0.3 is 0 Å². The molecule has 20 heavy (non-hydrogen) atoms. The summed E-state index contributed by atoms with van der Waals surface area (Å²) in [6, 6.07) is 7.20. The van der Waals surface area contributed by atoms with Crippen LogP contribution in [0.5, 0.6) is 0 Å². The predicted octanol–water partition coefficient (Wildman–Crippen LogP) is 6.44. The van der Waals surface area contributed by atoms with Crippen LogP contribution >= 0.6 is 11.6 Å². The van der Waals surface area contributed by atoms with Crippen molar-refractivity contribution in [1.82, 2.24) is 0 Å². The molecule has 0 aromatic heterocycles. The third-order valence-corrected chi connectivity index (χ3v) is 3.93. The van der Waals surface area contributed by atoms with Crippen LogP contribution in [0.15, 0.2) is 24.3 Å². The topological polar surface area (TPSA) is 17.1 Å². The van der Waals surface area contributed by atoms with Gasteiger partial charge in [-0.3, -0.25) is 4.79 Å². The Labute approximate surface area is 128 Å². The molecule has 1 rings (SSSR count). The number of carbonyl (C=O) groups excluding carboxylic acids is 1. The molecule has 0 radical (unpaired) electrons. The van der Waals surface area contributed by atoms with E-state index in [4.69, 9.17) is 11.6 Å². The second-order valence-corrected chi connectivity index (χ2v) is 5.94. The maximum Gasteiger partial charge on any atom is 0.162 e. The van der Waals surface area contributed by atoms with Gasteiger partial charge < -0.3 is 0 Å². The van der Waals surface area contributed by atoms with Gasteiger partial charge in [0.2, 0.25) is 0 Å². The zero-order valence-corrected chi connectivity index (χ0v) is 13.4. The molecule has 0 bridgehead atoms. The van der Waals surface area contributed by atoms with Crippen LogP contribution in [0.2, 0.25) is 5.02 Å². The van der Waals surface area contributed by atoms with Gasteiger partial charge in [0.25, 0.3) is 0 Å². The molecular weight excluding hydrogens is 268 g/mol. The van der Waals surface area contributed by atoms with Gasteiger partial charge in [-0.05, 0) is 30.7 Å². The van der Waals surface area contributed by atoms with Crippen molar-refractivity contribution in [3.05, 3.63) is 34.9 Å². The summed E-state index contributed by atoms with van der Waals surface area (Å²) in [5, 5.41) is 0.685. The molecule has 0 aliphatic rings. The molecule has 0 aliphatic heterocycles. The summed E-state index contributed by atoms with van der Waals surface area (Å²) in [5.74, 6) is 0.240. The van der Waals surface area contributed by atoms with E-state index in [1.807, 2.05) is 12.1 Å². The molecule has 0 amide bonds. The lowest BCUT2D eigenvalue weighted by atomic mass is 10.0. The fraction of sp³-hybridized carbons (Fsp3) is 0.611. The molecule has 112 valence electrons. The molecule has 1 nitrogen and oxygen atoms in total. The molecule has 0 saturated heterocycles. The molecule has 1 aromatic carbocycles. The molecule has 2 heteroatoms. The van der Waals surface area contributed by atoms with Crippen molar-refractivity contribution in [3.8, 4) is 0 Å². The number of hydrogen-bond donors (Lipinski definition) is 0. The van der Waals surface area contributed by atoms with Gasteiger partial charge in [0, 0.05) is 17.0 Å². The second kappa shape index (κ2) is 10.9. The summed E-state index contributed by atoms with van der Waals surface area (Å²) in [6.07, 6.45) is 12.2. The predicted molar refractivity (Wildman–Crippen MR) is 87.6 cm³/mol. The van der Waals surface area contributed by atoms with Crippen LogP contribution in [-0.2, 0) is 0 Å². The van der Waals surface area contributed by atoms with Crippen LogP contribution in [0.3, 0.4) is 0 Å². The van der Waals surface area contributed by atoms with Crippen molar-refractivity contribution in [2.75, 3.05) is 0 Å². The summed E-state index contributed by atoms with van der Waals surface area (Å²) in [6.45, 7) is 2.25. The van der Waals surface area contributed by atoms with Crippen LogP contribution in [0, 0.1) is 0 Å². The maximum atomic E-state index is 11.9. The highest BCUT2D eigenvalue weighted by molar-refractivity contribution is 6.30. The van der Waals surface area contributed by atoms with E-state index in [1.54, 1.807) is 12.1 Å². The summed E-state index contributed by atoms with van der Waals surface area (Å²) >= 11 is 5.81. The van der Waals surface area contributed by atoms with Crippen molar-refractivity contribution in [3.63, 3.8) is 0 Å². The largest absolute Gasteiger partial charge is 0.294 e. The molecule has 0 N–H and O–H groups in total. The lowest BCUT2D eigenvalue weighted by molar-refractivity contribution is 0.0979. The summed E-state index contributed by atoms with van der Waals surface area (Å²) in [7, 11) is 0. The Kier molecular flexibility index (Phi) is 9.40. The highest BCUT2D eigenvalue weighted by atomic mass is 35.5. The van der Waals surface area contributed by atoms with Gasteiger partial charge in [-0.15, -0.1) is 0 Å². The second-order valence-electron chi connectivity index (χ2n) is 5.51. The molecule has 0 saturated carbocycles. The van der Waals surface area contributed by atoms with E-state index in [0.29, 0.717) is 11.4 Å². The monoisotopic (exact) mass is 294 g/mol. The number of Topliss-reactive ketones (excluding diaryl/α,β-unsaturated/α-hetero) is 1. The number of rotatable bonds is 11. The number of carbonyl (C=O) groups is 1. The number of benzene rings is 1. The minimum Gasteiger partial charge on any atom is -0.294 e. The first kappa shape index (κ1) is 17.2. The Bertz CT molecular complexity index is 370. The zero-order chi connectivity index (χ0) is 14.6. The lowest BCUT2D eigenvalue weighted by Crippen LogP contribution is -1.98. The fourth-order valence-electron chi connectivity index (χ4n) is 2.38. The highest BCUT2D eigenvalue weighted by Crippen LogP contribution is 2.14. The zero-order valence-electron chi connectivity index (χ0n) is 12.7. The van der Waals surface area contributed by atoms with Crippen molar-refractivity contribution in [2.45, 2.75) is 71.1 Å². The lowest BCUT2D eigenvalue weighted by Gasteiger charge is -2.03. The smallest absolute Gasteiger partial charge is 0.162 e. The van der Waals surface area contributed by atoms with E-state index >= 15 is 0 Å². The maximum absolute atomic E-state index is 11.9. The minimum absolute atomic E-state index is 0.240. The Hall–Kier alpha value is -0.820. The van der Waals surface area contributed by atoms with Crippen molar-refractivity contribution >= 4 is 17.4 Å². The summed E-state index contributed by atoms with van der Waals surface area (Å²) in [4.78, 5) is 11.9. The third-order valence-electron chi connectivity index (χ3n) is 3.67. The highest BCUT2D eigenvalue weighted by Gasteiger charge is 2.04. The Morgan fingerprint density at radius 2 is 1.35 bits per heavy atom. The first-order chi connectivity index (χ1) is 9.74. The Morgan fingerprint density at radius 3 is 1.90 bits per heavy atom. The van der Waals surface area contributed by atoms with E-state index in [-0.39, 0.29) is 5.78 Å². The molecule has 0 heterocycles. The molecule has 0 unspecified atom stereocenters. The minimum atomic E-state index is 0.240. The first-order valence-electron chi connectivity index (χ1n) is 8.03. The van der Waals surface area contributed by atoms with Crippen LogP contribution < -0.4 is 0 Å². The molecule has 0 aliphatic carbocycles. The molecule has 0 atom stereocenters. The van der Waals surface area contributed by atoms with Gasteiger partial charge in [-0.1, -0.05) is 69.9 Å². The van der Waals surface area contributed by atoms with E-state index in [2.05, 4.69) is 6.92 Å². The standard InChI is InChI=1S/C18H27ClO/c1-2-3-4-5-6-7-8-9-10-11-18(20)16-12-14-17(19)15-13-16/h12-15H,2-11H2,1H3. The van der Waals surface area contributed by atoms with E-state index in [1.165, 1.54) is 51.4 Å². The Morgan fingerprint density at radius 1 is 0.850 bits per heavy atom. The summed E-state index contributed by atoms with van der Waals surface area (Å²) < 4.78 is 0. The number of ketones is 1. The van der Waals surface area contributed by atoms with Crippen molar-refractivity contribution in [1.29, 1.82) is 0 Å². The van der Waals surface area contributed by atoms with Crippen LogP contribution in [-0.4, -0.2) is 5.78 Å². The average Bonchev–Trinajstić information content (AvgIpc) is 2.46. The number of halogens is 1. The van der Waals surface area contributed by atoms with Crippen LogP contribution in [0.1, 0.15) is 81.5 Å². The van der Waals surface area contributed by atoms with Crippen LogP contribution in [0.4, 0.5) is 0 Å². The van der Waals surface area contributed by atoms with E-state index in [0.717, 1.165) is 12.0 Å². The quantitative estimate of drug-likeness (QED) is 0.339. The number of hydrogen-bond acceptors (Lipinski definition) is 1. The molecule has 0 spiro atoms. The molecular formula is C18H27ClO. The molecule has 1 aromatic rings. The van der Waals surface area contributed by atoms with Gasteiger partial charge in [-0.2, -0.15) is 0 Å². The van der Waals surface area contributed by atoms with Gasteiger partial charge in [-0.25, -0.2) is 0 Å². The van der Waals surface area contributed by atoms with E-state index < -0.39 is 0 Å². The van der Waals surface area contributed by atoms with Gasteiger partial charge in [0.1, 0.15) is 0 Å². The van der Waals surface area contributed by atoms with E-state index in [9.17, 15) is 4.79 Å². The average molecular weight is 295 g/mol. The normalized spacial score (nSPS) is 10.7. The molecule has 0 fully saturated rings. The Balaban J connectivity index is 2.01. The first-order valence-corrected chi connectivity index (χ1v) is 8.40.